The van der Waals surface area contributed by atoms with E-state index >= 15 is 0 Å². The first kappa shape index (κ1) is 20.0. The molecular formula is C19H26ClN5O. The van der Waals surface area contributed by atoms with Gasteiger partial charge < -0.3 is 16.0 Å². The van der Waals surface area contributed by atoms with Crippen molar-refractivity contribution in [2.75, 3.05) is 5.32 Å². The lowest BCUT2D eigenvalue weighted by Crippen LogP contribution is -2.38. The Balaban J connectivity index is 0.00000243. The molecule has 0 unspecified atom stereocenters. The molecule has 0 aliphatic carbocycles. The highest BCUT2D eigenvalue weighted by molar-refractivity contribution is 5.95. The molecule has 3 aromatic rings. The van der Waals surface area contributed by atoms with E-state index in [1.165, 1.54) is 0 Å². The number of benzene rings is 1. The maximum atomic E-state index is 12.6. The number of carbonyl (C=O) groups is 1. The summed E-state index contributed by atoms with van der Waals surface area (Å²) in [6.45, 7) is 4.13. The minimum absolute atomic E-state index is 0. The molecule has 1 atom stereocenters. The van der Waals surface area contributed by atoms with Crippen LogP contribution >= 0.6 is 12.4 Å². The summed E-state index contributed by atoms with van der Waals surface area (Å²) in [4.78, 5) is 15.8. The van der Waals surface area contributed by atoms with Crippen LogP contribution in [0.5, 0.6) is 0 Å². The molecule has 1 aromatic carbocycles. The molecular weight excluding hydrogens is 350 g/mol. The first-order valence-electron chi connectivity index (χ1n) is 8.71. The van der Waals surface area contributed by atoms with Gasteiger partial charge in [0.25, 0.3) is 0 Å². The molecule has 0 aliphatic heterocycles. The van der Waals surface area contributed by atoms with Gasteiger partial charge in [-0.1, -0.05) is 32.0 Å². The number of hydrogen-bond acceptors (Lipinski definition) is 3. The number of halogens is 1. The third-order valence-corrected chi connectivity index (χ3v) is 4.61. The predicted octanol–water partition coefficient (Wildman–Crippen LogP) is 2.96. The molecule has 0 radical (unpaired) electrons. The number of nitrogens with zero attached hydrogens (tertiary/aromatic N) is 2. The van der Waals surface area contributed by atoms with Crippen LogP contribution in [-0.2, 0) is 31.1 Å². The standard InChI is InChI=1S/C19H25N5O.ClH/c1-4-13-16(5-2)23-24(3)18(13)22-19(25)15(20)10-12-11-21-17-9-7-6-8-14(12)17;/h6-9,11,15,21H,4-5,10,20H2,1-3H3,(H,22,25);1H/t15-;/m1./s1. The van der Waals surface area contributed by atoms with Gasteiger partial charge in [0.05, 0.1) is 11.7 Å². The summed E-state index contributed by atoms with van der Waals surface area (Å²) < 4.78 is 1.73. The van der Waals surface area contributed by atoms with E-state index in [0.29, 0.717) is 6.42 Å². The van der Waals surface area contributed by atoms with E-state index in [-0.39, 0.29) is 18.3 Å². The number of aryl methyl sites for hydroxylation is 2. The van der Waals surface area contributed by atoms with Crippen molar-refractivity contribution in [2.45, 2.75) is 39.2 Å². The molecule has 2 aromatic heterocycles. The SMILES string of the molecule is CCc1nn(C)c(NC(=O)[C@H](N)Cc2c[nH]c3ccccc23)c1CC.Cl. The first-order valence-corrected chi connectivity index (χ1v) is 8.71. The van der Waals surface area contributed by atoms with Crippen LogP contribution in [0, 0.1) is 0 Å². The van der Waals surface area contributed by atoms with Gasteiger partial charge in [-0.2, -0.15) is 5.10 Å². The second kappa shape index (κ2) is 8.38. The summed E-state index contributed by atoms with van der Waals surface area (Å²) in [6.07, 6.45) is 4.07. The molecule has 7 heteroatoms. The molecule has 4 N–H and O–H groups in total. The van der Waals surface area contributed by atoms with Crippen molar-refractivity contribution in [3.63, 3.8) is 0 Å². The Morgan fingerprint density at radius 1 is 1.31 bits per heavy atom. The van der Waals surface area contributed by atoms with Crippen LogP contribution in [0.2, 0.25) is 0 Å². The monoisotopic (exact) mass is 375 g/mol. The number of anilines is 1. The van der Waals surface area contributed by atoms with Crippen molar-refractivity contribution in [2.24, 2.45) is 12.8 Å². The molecule has 1 amide bonds. The van der Waals surface area contributed by atoms with Crippen molar-refractivity contribution in [3.05, 3.63) is 47.3 Å². The fourth-order valence-corrected chi connectivity index (χ4v) is 3.27. The number of aromatic amines is 1. The van der Waals surface area contributed by atoms with Gasteiger partial charge in [-0.25, -0.2) is 0 Å². The van der Waals surface area contributed by atoms with E-state index in [2.05, 4.69) is 29.2 Å². The Hall–Kier alpha value is -2.31. The second-order valence-corrected chi connectivity index (χ2v) is 6.26. The van der Waals surface area contributed by atoms with Gasteiger partial charge in [-0.15, -0.1) is 12.4 Å². The molecule has 26 heavy (non-hydrogen) atoms. The highest BCUT2D eigenvalue weighted by Gasteiger charge is 2.20. The molecule has 0 saturated carbocycles. The van der Waals surface area contributed by atoms with Crippen LogP contribution in [0.15, 0.2) is 30.5 Å². The summed E-state index contributed by atoms with van der Waals surface area (Å²) in [5.41, 5.74) is 10.4. The maximum absolute atomic E-state index is 12.6. The minimum atomic E-state index is -0.621. The van der Waals surface area contributed by atoms with E-state index < -0.39 is 6.04 Å². The quantitative estimate of drug-likeness (QED) is 0.618. The molecule has 6 nitrogen and oxygen atoms in total. The number of amides is 1. The summed E-state index contributed by atoms with van der Waals surface area (Å²) in [6, 6.07) is 7.40. The Morgan fingerprint density at radius 3 is 2.73 bits per heavy atom. The predicted molar refractivity (Wildman–Crippen MR) is 108 cm³/mol. The van der Waals surface area contributed by atoms with Gasteiger partial charge in [0, 0.05) is 29.7 Å². The van der Waals surface area contributed by atoms with E-state index in [1.807, 2.05) is 37.5 Å². The average molecular weight is 376 g/mol. The van der Waals surface area contributed by atoms with Crippen molar-refractivity contribution >= 4 is 35.0 Å². The van der Waals surface area contributed by atoms with Crippen LogP contribution < -0.4 is 11.1 Å². The largest absolute Gasteiger partial charge is 0.361 e. The van der Waals surface area contributed by atoms with Crippen molar-refractivity contribution in [1.29, 1.82) is 0 Å². The third kappa shape index (κ3) is 3.76. The van der Waals surface area contributed by atoms with E-state index in [0.717, 1.165) is 46.4 Å². The molecule has 0 saturated heterocycles. The lowest BCUT2D eigenvalue weighted by atomic mass is 10.0. The molecule has 140 valence electrons. The number of nitrogens with one attached hydrogen (secondary N) is 2. The molecule has 2 heterocycles. The fourth-order valence-electron chi connectivity index (χ4n) is 3.27. The van der Waals surface area contributed by atoms with Crippen molar-refractivity contribution in [3.8, 4) is 0 Å². The number of hydrogen-bond donors (Lipinski definition) is 3. The summed E-state index contributed by atoms with van der Waals surface area (Å²) in [5, 5.41) is 8.56. The Labute approximate surface area is 159 Å². The van der Waals surface area contributed by atoms with Crippen LogP contribution in [0.25, 0.3) is 10.9 Å². The Kier molecular flexibility index (Phi) is 6.45. The zero-order valence-electron chi connectivity index (χ0n) is 15.4. The van der Waals surface area contributed by atoms with Crippen molar-refractivity contribution < 1.29 is 4.79 Å². The van der Waals surface area contributed by atoms with Gasteiger partial charge in [0.15, 0.2) is 0 Å². The van der Waals surface area contributed by atoms with E-state index in [1.54, 1.807) is 4.68 Å². The third-order valence-electron chi connectivity index (χ3n) is 4.61. The number of nitrogens with two attached hydrogens (primary N) is 1. The minimum Gasteiger partial charge on any atom is -0.361 e. The lowest BCUT2D eigenvalue weighted by Gasteiger charge is -2.13. The highest BCUT2D eigenvalue weighted by Crippen LogP contribution is 2.22. The summed E-state index contributed by atoms with van der Waals surface area (Å²) >= 11 is 0. The van der Waals surface area contributed by atoms with Crippen molar-refractivity contribution in [1.82, 2.24) is 14.8 Å². The fraction of sp³-hybridized carbons (Fsp3) is 0.368. The molecule has 0 spiro atoms. The van der Waals surface area contributed by atoms with Crippen LogP contribution in [0.1, 0.15) is 30.7 Å². The van der Waals surface area contributed by atoms with E-state index in [4.69, 9.17) is 5.73 Å². The zero-order chi connectivity index (χ0) is 18.0. The number of aromatic nitrogens is 3. The zero-order valence-corrected chi connectivity index (χ0v) is 16.2. The maximum Gasteiger partial charge on any atom is 0.242 e. The second-order valence-electron chi connectivity index (χ2n) is 6.26. The number of fused-ring (bicyclic) bond motifs is 1. The molecule has 0 fully saturated rings. The van der Waals surface area contributed by atoms with E-state index in [9.17, 15) is 4.79 Å². The first-order chi connectivity index (χ1) is 12.0. The normalized spacial score (nSPS) is 12.0. The smallest absolute Gasteiger partial charge is 0.242 e. The average Bonchev–Trinajstić information content (AvgIpc) is 3.16. The number of rotatable bonds is 6. The van der Waals surface area contributed by atoms with Crippen LogP contribution in [0.3, 0.4) is 0 Å². The van der Waals surface area contributed by atoms with Gasteiger partial charge in [-0.3, -0.25) is 9.48 Å². The topological polar surface area (TPSA) is 88.7 Å². The molecule has 0 bridgehead atoms. The van der Waals surface area contributed by atoms with Gasteiger partial charge in [0.1, 0.15) is 5.82 Å². The Bertz CT molecular complexity index is 899. The summed E-state index contributed by atoms with van der Waals surface area (Å²) in [7, 11) is 1.85. The number of H-pyrrole nitrogens is 1. The Morgan fingerprint density at radius 2 is 2.04 bits per heavy atom. The number of carbonyl (C=O) groups excluding carboxylic acids is 1. The number of para-hydroxylation sites is 1. The van der Waals surface area contributed by atoms with Gasteiger partial charge in [0.2, 0.25) is 5.91 Å². The van der Waals surface area contributed by atoms with Gasteiger partial charge >= 0.3 is 0 Å². The highest BCUT2D eigenvalue weighted by atomic mass is 35.5. The summed E-state index contributed by atoms with van der Waals surface area (Å²) in [5.74, 6) is 0.560. The lowest BCUT2D eigenvalue weighted by molar-refractivity contribution is -0.117. The molecule has 3 rings (SSSR count). The molecule has 0 aliphatic rings. The van der Waals surface area contributed by atoms with Crippen LogP contribution in [-0.4, -0.2) is 26.7 Å². The van der Waals surface area contributed by atoms with Gasteiger partial charge in [-0.05, 0) is 30.9 Å². The van der Waals surface area contributed by atoms with Crippen LogP contribution in [0.4, 0.5) is 5.82 Å².